The van der Waals surface area contributed by atoms with E-state index in [9.17, 15) is 13.2 Å². The van der Waals surface area contributed by atoms with E-state index in [4.69, 9.17) is 4.42 Å². The van der Waals surface area contributed by atoms with Crippen LogP contribution in [0.4, 0.5) is 0 Å². The molecule has 164 valence electrons. The van der Waals surface area contributed by atoms with Crippen LogP contribution in [0.1, 0.15) is 11.3 Å². The van der Waals surface area contributed by atoms with Crippen molar-refractivity contribution in [3.05, 3.63) is 84.3 Å². The molecular weight excluding hydrogens is 446 g/mol. The summed E-state index contributed by atoms with van der Waals surface area (Å²) in [7, 11) is -3.85. The third kappa shape index (κ3) is 4.95. The number of carbonyl (C=O) groups excluding carboxylic acids is 1. The first kappa shape index (κ1) is 21.9. The van der Waals surface area contributed by atoms with E-state index in [0.29, 0.717) is 11.6 Å². The number of benzene rings is 2. The normalized spacial score (nSPS) is 11.4. The molecule has 1 amide bonds. The van der Waals surface area contributed by atoms with Gasteiger partial charge in [0, 0.05) is 5.56 Å². The molecule has 0 unspecified atom stereocenters. The Morgan fingerprint density at radius 1 is 1.06 bits per heavy atom. The lowest BCUT2D eigenvalue weighted by Gasteiger charge is -2.06. The van der Waals surface area contributed by atoms with Gasteiger partial charge in [0.1, 0.15) is 16.6 Å². The van der Waals surface area contributed by atoms with Gasteiger partial charge in [-0.05, 0) is 31.2 Å². The van der Waals surface area contributed by atoms with Gasteiger partial charge in [0.25, 0.3) is 0 Å². The van der Waals surface area contributed by atoms with Gasteiger partial charge in [-0.2, -0.15) is 0 Å². The third-order valence-electron chi connectivity index (χ3n) is 4.67. The van der Waals surface area contributed by atoms with Crippen molar-refractivity contribution in [2.24, 2.45) is 0 Å². The fourth-order valence-electron chi connectivity index (χ4n) is 2.97. The smallest absolute Gasteiger partial charge is 0.230 e. The highest BCUT2D eigenvalue weighted by molar-refractivity contribution is 8.00. The summed E-state index contributed by atoms with van der Waals surface area (Å²) in [5, 5.41) is 2.97. The first-order valence-electron chi connectivity index (χ1n) is 9.82. The van der Waals surface area contributed by atoms with Crippen molar-refractivity contribution in [3.8, 4) is 11.4 Å². The minimum Gasteiger partial charge on any atom is -0.467 e. The van der Waals surface area contributed by atoms with Crippen LogP contribution in [0.3, 0.4) is 0 Å². The van der Waals surface area contributed by atoms with Crippen molar-refractivity contribution in [1.82, 2.24) is 15.3 Å². The van der Waals surface area contributed by atoms with Crippen LogP contribution in [-0.2, 0) is 21.2 Å². The predicted molar refractivity (Wildman–Crippen MR) is 122 cm³/mol. The molecule has 0 aliphatic carbocycles. The second kappa shape index (κ2) is 9.46. The Labute approximate surface area is 190 Å². The number of aromatic nitrogens is 2. The maximum Gasteiger partial charge on any atom is 0.230 e. The topological polar surface area (TPSA) is 105 Å². The third-order valence-corrected chi connectivity index (χ3v) is 7.50. The summed E-state index contributed by atoms with van der Waals surface area (Å²) in [5.74, 6) is 0.817. The van der Waals surface area contributed by atoms with Crippen molar-refractivity contribution in [2.75, 3.05) is 5.75 Å². The Balaban J connectivity index is 1.60. The largest absolute Gasteiger partial charge is 0.467 e. The van der Waals surface area contributed by atoms with E-state index in [1.165, 1.54) is 6.26 Å². The molecule has 2 N–H and O–H groups in total. The van der Waals surface area contributed by atoms with Crippen LogP contribution in [0.5, 0.6) is 0 Å². The molecule has 2 aromatic heterocycles. The van der Waals surface area contributed by atoms with E-state index in [-0.39, 0.29) is 33.2 Å². The number of carbonyl (C=O) groups is 1. The Bertz CT molecular complexity index is 1300. The molecule has 0 aliphatic heterocycles. The first-order chi connectivity index (χ1) is 15.4. The Morgan fingerprint density at radius 2 is 1.81 bits per heavy atom. The van der Waals surface area contributed by atoms with Gasteiger partial charge < -0.3 is 14.7 Å². The number of imidazole rings is 1. The number of thioether (sulfide) groups is 1. The molecule has 2 aromatic carbocycles. The van der Waals surface area contributed by atoms with E-state index in [1.54, 1.807) is 36.4 Å². The van der Waals surface area contributed by atoms with Crippen LogP contribution >= 0.6 is 11.8 Å². The lowest BCUT2D eigenvalue weighted by atomic mass is 10.2. The summed E-state index contributed by atoms with van der Waals surface area (Å²) < 4.78 is 31.9. The van der Waals surface area contributed by atoms with Crippen molar-refractivity contribution in [3.63, 3.8) is 0 Å². The fraction of sp³-hybridized carbons (Fsp3) is 0.130. The van der Waals surface area contributed by atoms with Crippen LogP contribution in [0.25, 0.3) is 11.4 Å². The zero-order valence-corrected chi connectivity index (χ0v) is 18.9. The predicted octanol–water partition coefficient (Wildman–Crippen LogP) is 4.22. The Morgan fingerprint density at radius 3 is 2.50 bits per heavy atom. The average molecular weight is 468 g/mol. The minimum absolute atomic E-state index is 0.0101. The van der Waals surface area contributed by atoms with Gasteiger partial charge in [0.2, 0.25) is 15.7 Å². The number of furan rings is 1. The number of rotatable bonds is 8. The van der Waals surface area contributed by atoms with Gasteiger partial charge in [0.05, 0.1) is 23.5 Å². The Kier molecular flexibility index (Phi) is 6.48. The fourth-order valence-corrected chi connectivity index (χ4v) is 5.42. The molecule has 0 atom stereocenters. The van der Waals surface area contributed by atoms with Crippen LogP contribution < -0.4 is 5.32 Å². The highest BCUT2D eigenvalue weighted by Crippen LogP contribution is 2.32. The Hall–Kier alpha value is -3.30. The summed E-state index contributed by atoms with van der Waals surface area (Å²) >= 11 is 1.07. The lowest BCUT2D eigenvalue weighted by molar-refractivity contribution is -0.118. The highest BCUT2D eigenvalue weighted by atomic mass is 32.2. The monoisotopic (exact) mass is 467 g/mol. The van der Waals surface area contributed by atoms with Gasteiger partial charge >= 0.3 is 0 Å². The van der Waals surface area contributed by atoms with Gasteiger partial charge in [-0.15, -0.1) is 0 Å². The molecule has 0 radical (unpaired) electrons. The second-order valence-corrected chi connectivity index (χ2v) is 9.90. The molecular formula is C23H21N3O4S2. The van der Waals surface area contributed by atoms with E-state index in [2.05, 4.69) is 15.3 Å². The molecule has 0 spiro atoms. The van der Waals surface area contributed by atoms with Crippen LogP contribution in [-0.4, -0.2) is 30.0 Å². The van der Waals surface area contributed by atoms with Crippen LogP contribution in [0.15, 0.2) is 92.4 Å². The standard InChI is InChI=1S/C23H21N3O4S2/c1-16-9-11-19(12-10-16)32(28,29)23-22(25-21(26-23)17-6-3-2-4-7-17)31-15-20(27)24-14-18-8-5-13-30-18/h2-13H,14-15H2,1H3,(H,24,27)(H,25,26). The summed E-state index contributed by atoms with van der Waals surface area (Å²) in [6, 6.07) is 19.4. The van der Waals surface area contributed by atoms with Gasteiger partial charge in [0.15, 0.2) is 5.03 Å². The number of hydrogen-bond donors (Lipinski definition) is 2. The molecule has 4 aromatic rings. The molecule has 2 heterocycles. The van der Waals surface area contributed by atoms with Crippen molar-refractivity contribution >= 4 is 27.5 Å². The minimum atomic E-state index is -3.85. The number of amides is 1. The van der Waals surface area contributed by atoms with Crippen LogP contribution in [0, 0.1) is 6.92 Å². The quantitative estimate of drug-likeness (QED) is 0.376. The van der Waals surface area contributed by atoms with E-state index in [1.807, 2.05) is 37.3 Å². The molecule has 0 saturated heterocycles. The van der Waals surface area contributed by atoms with Crippen LogP contribution in [0.2, 0.25) is 0 Å². The van der Waals surface area contributed by atoms with E-state index < -0.39 is 9.84 Å². The lowest BCUT2D eigenvalue weighted by Crippen LogP contribution is -2.24. The molecule has 9 heteroatoms. The number of H-pyrrole nitrogens is 1. The molecule has 0 bridgehead atoms. The molecule has 4 rings (SSSR count). The summed E-state index contributed by atoms with van der Waals surface area (Å²) in [6.07, 6.45) is 1.54. The van der Waals surface area contributed by atoms with Crippen molar-refractivity contribution in [2.45, 2.75) is 28.4 Å². The van der Waals surface area contributed by atoms with E-state index >= 15 is 0 Å². The summed E-state index contributed by atoms with van der Waals surface area (Å²) in [5.41, 5.74) is 1.71. The average Bonchev–Trinajstić information content (AvgIpc) is 3.47. The number of nitrogens with zero attached hydrogens (tertiary/aromatic N) is 1. The molecule has 0 aliphatic rings. The number of aryl methyl sites for hydroxylation is 1. The van der Waals surface area contributed by atoms with Crippen molar-refractivity contribution in [1.29, 1.82) is 0 Å². The molecule has 0 saturated carbocycles. The molecule has 32 heavy (non-hydrogen) atoms. The number of aromatic amines is 1. The van der Waals surface area contributed by atoms with Crippen molar-refractivity contribution < 1.29 is 17.6 Å². The van der Waals surface area contributed by atoms with Gasteiger partial charge in [-0.1, -0.05) is 59.8 Å². The SMILES string of the molecule is Cc1ccc(S(=O)(=O)c2[nH]c(-c3ccccc3)nc2SCC(=O)NCc2ccco2)cc1. The summed E-state index contributed by atoms with van der Waals surface area (Å²) in [6.45, 7) is 2.15. The maximum atomic E-state index is 13.3. The van der Waals surface area contributed by atoms with E-state index in [0.717, 1.165) is 22.9 Å². The first-order valence-corrected chi connectivity index (χ1v) is 12.3. The molecule has 7 nitrogen and oxygen atoms in total. The zero-order valence-electron chi connectivity index (χ0n) is 17.2. The number of nitrogens with one attached hydrogen (secondary N) is 2. The zero-order chi connectivity index (χ0) is 22.6. The maximum absolute atomic E-state index is 13.3. The number of sulfone groups is 1. The molecule has 0 fully saturated rings. The highest BCUT2D eigenvalue weighted by Gasteiger charge is 2.26. The number of hydrogen-bond acceptors (Lipinski definition) is 6. The van der Waals surface area contributed by atoms with Gasteiger partial charge in [-0.25, -0.2) is 13.4 Å². The summed E-state index contributed by atoms with van der Waals surface area (Å²) in [4.78, 5) is 19.9. The van der Waals surface area contributed by atoms with Gasteiger partial charge in [-0.3, -0.25) is 4.79 Å². The second-order valence-electron chi connectivity index (χ2n) is 7.05.